The maximum Gasteiger partial charge on any atom is 0.472 e. The number of aliphatic hydroxyl groups excluding tert-OH is 1. The zero-order valence-corrected chi connectivity index (χ0v) is 17.3. The summed E-state index contributed by atoms with van der Waals surface area (Å²) < 4.78 is 21.1. The zero-order chi connectivity index (χ0) is 20.7. The van der Waals surface area contributed by atoms with Gasteiger partial charge in [0.1, 0.15) is 0 Å². The van der Waals surface area contributed by atoms with E-state index in [0.29, 0.717) is 5.75 Å². The summed E-state index contributed by atoms with van der Waals surface area (Å²) >= 11 is 1.03. The number of carbonyl (C=O) groups is 3. The molecule has 0 spiro atoms. The van der Waals surface area contributed by atoms with Gasteiger partial charge in [0.15, 0.2) is 11.2 Å². The molecular formula is C15H27N2O8PS. The topological polar surface area (TPSA) is 151 Å². The first kappa shape index (κ1) is 24.1. The van der Waals surface area contributed by atoms with E-state index >= 15 is 0 Å². The number of aliphatic hydroxyl groups is 1. The first-order valence-electron chi connectivity index (χ1n) is 8.47. The highest BCUT2D eigenvalue weighted by molar-refractivity contribution is 8.13. The molecule has 0 radical (unpaired) electrons. The van der Waals surface area contributed by atoms with Crippen molar-refractivity contribution in [1.29, 1.82) is 0 Å². The Kier molecular flexibility index (Phi) is 9.40. The largest absolute Gasteiger partial charge is 0.472 e. The number of rotatable bonds is 9. The van der Waals surface area contributed by atoms with Crippen LogP contribution in [0.25, 0.3) is 0 Å². The molecule has 12 heteroatoms. The molecule has 27 heavy (non-hydrogen) atoms. The van der Waals surface area contributed by atoms with Crippen molar-refractivity contribution in [2.24, 2.45) is 5.41 Å². The maximum absolute atomic E-state index is 12.2. The van der Waals surface area contributed by atoms with Gasteiger partial charge in [0.05, 0.1) is 12.7 Å². The van der Waals surface area contributed by atoms with Crippen molar-refractivity contribution in [3.63, 3.8) is 0 Å². The molecule has 0 bridgehead atoms. The van der Waals surface area contributed by atoms with Crippen LogP contribution in [0.15, 0.2) is 0 Å². The number of hydrogen-bond acceptors (Lipinski definition) is 8. The average Bonchev–Trinajstić information content (AvgIpc) is 2.53. The first-order valence-corrected chi connectivity index (χ1v) is 10.9. The van der Waals surface area contributed by atoms with Crippen LogP contribution in [0.1, 0.15) is 33.6 Å². The Hall–Kier alpha value is -0.970. The highest BCUT2D eigenvalue weighted by atomic mass is 32.2. The standard InChI is InChI=1S/C15H27N2O8PS/c1-10(18)8-12(20)27-7-6-16-11(19)4-5-17-14(21)13-15(2,3)9-24-26(22,23)25-13/h10,13,18H,4-9H2,1-3H3,(H,16,19)(H,17,21)(H,22,23)/t10-,13+/m1/s1. The molecule has 0 saturated carbocycles. The van der Waals surface area contributed by atoms with E-state index in [1.54, 1.807) is 13.8 Å². The molecule has 1 aliphatic heterocycles. The lowest BCUT2D eigenvalue weighted by atomic mass is 9.87. The number of thioether (sulfide) groups is 1. The molecule has 0 aromatic carbocycles. The van der Waals surface area contributed by atoms with Crippen LogP contribution in [0.5, 0.6) is 0 Å². The van der Waals surface area contributed by atoms with Gasteiger partial charge >= 0.3 is 7.82 Å². The molecule has 1 unspecified atom stereocenters. The molecule has 0 aromatic heterocycles. The molecule has 3 atom stereocenters. The van der Waals surface area contributed by atoms with Crippen LogP contribution in [0.4, 0.5) is 0 Å². The fourth-order valence-corrected chi connectivity index (χ4v) is 4.16. The third-order valence-corrected chi connectivity index (χ3v) is 5.42. The van der Waals surface area contributed by atoms with Gasteiger partial charge in [-0.15, -0.1) is 0 Å². The number of carbonyl (C=O) groups excluding carboxylic acids is 3. The van der Waals surface area contributed by atoms with Crippen LogP contribution in [0, 0.1) is 5.41 Å². The molecule has 1 rings (SSSR count). The van der Waals surface area contributed by atoms with E-state index < -0.39 is 31.4 Å². The predicted molar refractivity (Wildman–Crippen MR) is 98.8 cm³/mol. The first-order chi connectivity index (χ1) is 12.4. The SMILES string of the molecule is C[C@@H](O)CC(=O)SCCNC(=O)CCNC(=O)[C@@H]1OP(=O)(O)OCC1(C)C. The van der Waals surface area contributed by atoms with Gasteiger partial charge in [0.2, 0.25) is 11.8 Å². The Morgan fingerprint density at radius 1 is 1.30 bits per heavy atom. The van der Waals surface area contributed by atoms with Crippen molar-refractivity contribution in [1.82, 2.24) is 10.6 Å². The van der Waals surface area contributed by atoms with E-state index in [9.17, 15) is 23.8 Å². The Bertz CT molecular complexity index is 598. The highest BCUT2D eigenvalue weighted by Crippen LogP contribution is 2.52. The van der Waals surface area contributed by atoms with Crippen molar-refractivity contribution < 1.29 is 38.0 Å². The van der Waals surface area contributed by atoms with E-state index in [4.69, 9.17) is 14.2 Å². The van der Waals surface area contributed by atoms with Crippen LogP contribution >= 0.6 is 19.6 Å². The molecule has 1 aliphatic rings. The number of nitrogens with one attached hydrogen (secondary N) is 2. The third kappa shape index (κ3) is 9.18. The van der Waals surface area contributed by atoms with Gasteiger partial charge in [-0.3, -0.25) is 23.4 Å². The Labute approximate surface area is 162 Å². The van der Waals surface area contributed by atoms with Crippen LogP contribution in [0.2, 0.25) is 0 Å². The van der Waals surface area contributed by atoms with E-state index in [1.807, 2.05) is 0 Å². The molecule has 0 aromatic rings. The van der Waals surface area contributed by atoms with Gasteiger partial charge in [-0.05, 0) is 6.92 Å². The minimum absolute atomic E-state index is 0.0124. The fourth-order valence-electron chi connectivity index (χ4n) is 2.17. The summed E-state index contributed by atoms with van der Waals surface area (Å²) in [4.78, 5) is 44.7. The minimum atomic E-state index is -4.25. The van der Waals surface area contributed by atoms with Crippen molar-refractivity contribution in [2.45, 2.75) is 45.8 Å². The summed E-state index contributed by atoms with van der Waals surface area (Å²) in [5.74, 6) is -0.511. The minimum Gasteiger partial charge on any atom is -0.393 e. The molecule has 156 valence electrons. The molecular weight excluding hydrogens is 399 g/mol. The van der Waals surface area contributed by atoms with Gasteiger partial charge in [-0.1, -0.05) is 25.6 Å². The van der Waals surface area contributed by atoms with Crippen LogP contribution < -0.4 is 10.6 Å². The van der Waals surface area contributed by atoms with E-state index in [2.05, 4.69) is 10.6 Å². The molecule has 2 amide bonds. The lowest BCUT2D eigenvalue weighted by molar-refractivity contribution is -0.141. The zero-order valence-electron chi connectivity index (χ0n) is 15.6. The second-order valence-corrected chi connectivity index (χ2v) is 9.44. The van der Waals surface area contributed by atoms with E-state index in [0.717, 1.165) is 11.8 Å². The fraction of sp³-hybridized carbons (Fsp3) is 0.800. The van der Waals surface area contributed by atoms with Gasteiger partial charge in [-0.25, -0.2) is 4.57 Å². The molecule has 1 saturated heterocycles. The van der Waals surface area contributed by atoms with E-state index in [1.165, 1.54) is 6.92 Å². The van der Waals surface area contributed by atoms with Crippen molar-refractivity contribution in [2.75, 3.05) is 25.4 Å². The smallest absolute Gasteiger partial charge is 0.393 e. The maximum atomic E-state index is 12.2. The summed E-state index contributed by atoms with van der Waals surface area (Å²) in [5.41, 5.74) is -0.793. The molecule has 1 heterocycles. The van der Waals surface area contributed by atoms with Gasteiger partial charge in [0, 0.05) is 37.1 Å². The van der Waals surface area contributed by atoms with E-state index in [-0.39, 0.29) is 43.6 Å². The average molecular weight is 426 g/mol. The van der Waals surface area contributed by atoms with Crippen LogP contribution in [-0.4, -0.2) is 64.6 Å². The number of phosphoric ester groups is 1. The summed E-state index contributed by atoms with van der Waals surface area (Å²) in [7, 11) is -4.25. The number of amides is 2. The van der Waals surface area contributed by atoms with Crippen LogP contribution in [-0.2, 0) is 28.0 Å². The Balaban J connectivity index is 2.26. The Morgan fingerprint density at radius 3 is 2.59 bits per heavy atom. The molecule has 1 fully saturated rings. The third-order valence-electron chi connectivity index (χ3n) is 3.59. The Morgan fingerprint density at radius 2 is 1.96 bits per heavy atom. The summed E-state index contributed by atoms with van der Waals surface area (Å²) in [6, 6.07) is 0. The number of phosphoric acid groups is 1. The lowest BCUT2D eigenvalue weighted by Gasteiger charge is -2.38. The van der Waals surface area contributed by atoms with Crippen molar-refractivity contribution >= 4 is 36.5 Å². The monoisotopic (exact) mass is 426 g/mol. The van der Waals surface area contributed by atoms with Gasteiger partial charge in [-0.2, -0.15) is 0 Å². The number of hydrogen-bond donors (Lipinski definition) is 4. The normalized spacial score (nSPS) is 25.4. The molecule has 0 aliphatic carbocycles. The quantitative estimate of drug-likeness (QED) is 0.299. The van der Waals surface area contributed by atoms with Crippen LogP contribution in [0.3, 0.4) is 0 Å². The summed E-state index contributed by atoms with van der Waals surface area (Å²) in [5, 5.41) is 14.1. The second-order valence-electron chi connectivity index (χ2n) is 6.88. The molecule has 10 nitrogen and oxygen atoms in total. The predicted octanol–water partition coefficient (Wildman–Crippen LogP) is 0.182. The van der Waals surface area contributed by atoms with Gasteiger partial charge < -0.3 is 20.6 Å². The molecule has 4 N–H and O–H groups in total. The summed E-state index contributed by atoms with van der Waals surface area (Å²) in [6.07, 6.45) is -1.77. The highest BCUT2D eigenvalue weighted by Gasteiger charge is 2.47. The van der Waals surface area contributed by atoms with Gasteiger partial charge in [0.25, 0.3) is 0 Å². The summed E-state index contributed by atoms with van der Waals surface area (Å²) in [6.45, 7) is 5.07. The van der Waals surface area contributed by atoms with Crippen molar-refractivity contribution in [3.05, 3.63) is 0 Å². The lowest BCUT2D eigenvalue weighted by Crippen LogP contribution is -2.49. The second kappa shape index (κ2) is 10.5. The van der Waals surface area contributed by atoms with Crippen molar-refractivity contribution in [3.8, 4) is 0 Å².